The first-order valence-electron chi connectivity index (χ1n) is 11.7. The third-order valence-electron chi connectivity index (χ3n) is 7.85. The second-order valence-electron chi connectivity index (χ2n) is 9.47. The predicted octanol–water partition coefficient (Wildman–Crippen LogP) is 3.61. The highest BCUT2D eigenvalue weighted by molar-refractivity contribution is 7.17. The summed E-state index contributed by atoms with van der Waals surface area (Å²) in [7, 11) is 0. The Balaban J connectivity index is 0.972. The lowest BCUT2D eigenvalue weighted by molar-refractivity contribution is -0.140. The molecule has 0 spiro atoms. The van der Waals surface area contributed by atoms with E-state index in [0.717, 1.165) is 52.0 Å². The molecule has 6 rings (SSSR count). The molecule has 2 amide bonds. The fourth-order valence-electron chi connectivity index (χ4n) is 6.26. The number of benzene rings is 1. The Morgan fingerprint density at radius 3 is 2.32 bits per heavy atom. The minimum absolute atomic E-state index is 0.0525. The van der Waals surface area contributed by atoms with E-state index in [2.05, 4.69) is 51.6 Å². The molecular formula is C25H29N3O2S. The van der Waals surface area contributed by atoms with Gasteiger partial charge in [0.05, 0.1) is 11.8 Å². The van der Waals surface area contributed by atoms with Crippen LogP contribution in [-0.4, -0.2) is 60.9 Å². The molecule has 1 aromatic heterocycles. The number of imide groups is 1. The molecule has 2 aliphatic carbocycles. The summed E-state index contributed by atoms with van der Waals surface area (Å²) in [6.45, 7) is 5.90. The molecule has 2 bridgehead atoms. The maximum atomic E-state index is 12.8. The minimum Gasteiger partial charge on any atom is -0.368 e. The first-order valence-corrected chi connectivity index (χ1v) is 12.6. The molecule has 2 aromatic rings. The topological polar surface area (TPSA) is 43.9 Å². The first kappa shape index (κ1) is 19.5. The number of anilines is 1. The van der Waals surface area contributed by atoms with Crippen molar-refractivity contribution in [1.29, 1.82) is 0 Å². The molecular weight excluding hydrogens is 406 g/mol. The van der Waals surface area contributed by atoms with Gasteiger partial charge in [0.2, 0.25) is 11.8 Å². The van der Waals surface area contributed by atoms with E-state index in [-0.39, 0.29) is 23.7 Å². The van der Waals surface area contributed by atoms with Crippen molar-refractivity contribution >= 4 is 38.9 Å². The van der Waals surface area contributed by atoms with E-state index in [1.807, 2.05) is 0 Å². The molecule has 3 fully saturated rings. The molecule has 1 saturated carbocycles. The van der Waals surface area contributed by atoms with Gasteiger partial charge in [-0.05, 0) is 61.2 Å². The third-order valence-corrected chi connectivity index (χ3v) is 8.74. The number of fused-ring (bicyclic) bond motifs is 6. The quantitative estimate of drug-likeness (QED) is 0.395. The summed E-state index contributed by atoms with van der Waals surface area (Å²) in [6.07, 6.45) is 7.29. The Morgan fingerprint density at radius 1 is 0.871 bits per heavy atom. The van der Waals surface area contributed by atoms with E-state index < -0.39 is 0 Å². The zero-order valence-corrected chi connectivity index (χ0v) is 18.6. The van der Waals surface area contributed by atoms with Crippen LogP contribution in [0.1, 0.15) is 19.3 Å². The SMILES string of the molecule is O=C1[C@@H]2[C@H](C(=O)N1CCCCN1CCN(c3cccc4sccc34)CC1)[C@H]1C=C[C@@H]2C1. The second kappa shape index (κ2) is 7.75. The van der Waals surface area contributed by atoms with Gasteiger partial charge >= 0.3 is 0 Å². The lowest BCUT2D eigenvalue weighted by Crippen LogP contribution is -2.46. The normalized spacial score (nSPS) is 30.2. The van der Waals surface area contributed by atoms with Gasteiger partial charge in [0.25, 0.3) is 0 Å². The van der Waals surface area contributed by atoms with Crippen LogP contribution in [0.2, 0.25) is 0 Å². The van der Waals surface area contributed by atoms with Gasteiger partial charge < -0.3 is 4.90 Å². The number of nitrogens with zero attached hydrogens (tertiary/aromatic N) is 3. The van der Waals surface area contributed by atoms with Gasteiger partial charge in [0.1, 0.15) is 0 Å². The number of likely N-dealkylation sites (tertiary alicyclic amines) is 1. The lowest BCUT2D eigenvalue weighted by Gasteiger charge is -2.36. The maximum Gasteiger partial charge on any atom is 0.233 e. The molecule has 0 N–H and O–H groups in total. The van der Waals surface area contributed by atoms with Gasteiger partial charge in [0.15, 0.2) is 0 Å². The van der Waals surface area contributed by atoms with E-state index in [1.54, 1.807) is 16.2 Å². The molecule has 0 unspecified atom stereocenters. The van der Waals surface area contributed by atoms with Gasteiger partial charge in [0, 0.05) is 48.5 Å². The molecule has 3 heterocycles. The fraction of sp³-hybridized carbons (Fsp3) is 0.520. The molecule has 1 aromatic carbocycles. The number of amides is 2. The van der Waals surface area contributed by atoms with Gasteiger partial charge in [-0.25, -0.2) is 0 Å². The molecule has 2 saturated heterocycles. The summed E-state index contributed by atoms with van der Waals surface area (Å²) in [5.74, 6) is 0.720. The average Bonchev–Trinajstić information content (AvgIpc) is 3.57. The van der Waals surface area contributed by atoms with Crippen molar-refractivity contribution in [2.75, 3.05) is 44.2 Å². The van der Waals surface area contributed by atoms with Crippen molar-refractivity contribution in [3.05, 3.63) is 41.8 Å². The van der Waals surface area contributed by atoms with Gasteiger partial charge in [-0.15, -0.1) is 11.3 Å². The number of hydrogen-bond acceptors (Lipinski definition) is 5. The van der Waals surface area contributed by atoms with Crippen LogP contribution in [0.5, 0.6) is 0 Å². The molecule has 2 aliphatic heterocycles. The monoisotopic (exact) mass is 435 g/mol. The fourth-order valence-corrected chi connectivity index (χ4v) is 7.06. The van der Waals surface area contributed by atoms with E-state index in [1.165, 1.54) is 15.8 Å². The number of unbranched alkanes of at least 4 members (excludes halogenated alkanes) is 1. The van der Waals surface area contributed by atoms with Crippen LogP contribution in [0.3, 0.4) is 0 Å². The van der Waals surface area contributed by atoms with E-state index >= 15 is 0 Å². The van der Waals surface area contributed by atoms with Crippen LogP contribution >= 0.6 is 11.3 Å². The number of carbonyl (C=O) groups is 2. The van der Waals surface area contributed by atoms with E-state index in [4.69, 9.17) is 0 Å². The van der Waals surface area contributed by atoms with Crippen molar-refractivity contribution in [2.24, 2.45) is 23.7 Å². The van der Waals surface area contributed by atoms with Crippen LogP contribution in [0.25, 0.3) is 10.1 Å². The van der Waals surface area contributed by atoms with Crippen LogP contribution in [-0.2, 0) is 9.59 Å². The Bertz CT molecular complexity index is 1010. The van der Waals surface area contributed by atoms with Crippen LogP contribution < -0.4 is 4.90 Å². The number of thiophene rings is 1. The van der Waals surface area contributed by atoms with Crippen LogP contribution in [0, 0.1) is 23.7 Å². The second-order valence-corrected chi connectivity index (χ2v) is 10.4. The summed E-state index contributed by atoms with van der Waals surface area (Å²) < 4.78 is 1.36. The first-order chi connectivity index (χ1) is 15.2. The molecule has 5 nitrogen and oxygen atoms in total. The lowest BCUT2D eigenvalue weighted by atomic mass is 9.85. The molecule has 31 heavy (non-hydrogen) atoms. The standard InChI is InChI=1S/C25H29N3O2S/c29-24-22-17-6-7-18(16-17)23(22)25(30)28(24)10-2-1-9-26-11-13-27(14-12-26)20-4-3-5-21-19(20)8-15-31-21/h3-8,15,17-18,22-23H,1-2,9-14,16H2/t17-,18+,22+,23-. The Kier molecular flexibility index (Phi) is 4.87. The Hall–Kier alpha value is -2.18. The summed E-state index contributed by atoms with van der Waals surface area (Å²) in [5, 5.41) is 3.55. The summed E-state index contributed by atoms with van der Waals surface area (Å²) in [6, 6.07) is 8.84. The van der Waals surface area contributed by atoms with Gasteiger partial charge in [-0.3, -0.25) is 19.4 Å². The third kappa shape index (κ3) is 3.23. The van der Waals surface area contributed by atoms with Gasteiger partial charge in [-0.2, -0.15) is 0 Å². The number of hydrogen-bond donors (Lipinski definition) is 0. The van der Waals surface area contributed by atoms with Crippen molar-refractivity contribution in [2.45, 2.75) is 19.3 Å². The maximum absolute atomic E-state index is 12.8. The number of carbonyl (C=O) groups excluding carboxylic acids is 2. The average molecular weight is 436 g/mol. The molecule has 4 atom stereocenters. The van der Waals surface area contributed by atoms with E-state index in [0.29, 0.717) is 18.4 Å². The Labute approximate surface area is 187 Å². The largest absolute Gasteiger partial charge is 0.368 e. The predicted molar refractivity (Wildman–Crippen MR) is 124 cm³/mol. The van der Waals surface area contributed by atoms with Crippen molar-refractivity contribution in [1.82, 2.24) is 9.80 Å². The molecule has 6 heteroatoms. The molecule has 0 radical (unpaired) electrons. The molecule has 4 aliphatic rings. The van der Waals surface area contributed by atoms with Gasteiger partial charge in [-0.1, -0.05) is 18.2 Å². The van der Waals surface area contributed by atoms with Crippen molar-refractivity contribution < 1.29 is 9.59 Å². The highest BCUT2D eigenvalue weighted by atomic mass is 32.1. The number of piperazine rings is 1. The zero-order valence-electron chi connectivity index (χ0n) is 17.8. The smallest absolute Gasteiger partial charge is 0.233 e. The summed E-state index contributed by atoms with van der Waals surface area (Å²) in [5.41, 5.74) is 1.36. The van der Waals surface area contributed by atoms with Crippen molar-refractivity contribution in [3.63, 3.8) is 0 Å². The van der Waals surface area contributed by atoms with Crippen LogP contribution in [0.15, 0.2) is 41.8 Å². The number of rotatable bonds is 6. The van der Waals surface area contributed by atoms with Crippen molar-refractivity contribution in [3.8, 4) is 0 Å². The molecule has 162 valence electrons. The highest BCUT2D eigenvalue weighted by Crippen LogP contribution is 2.52. The summed E-state index contributed by atoms with van der Waals surface area (Å²) in [4.78, 5) is 32.2. The minimum atomic E-state index is -0.0525. The van der Waals surface area contributed by atoms with Crippen LogP contribution in [0.4, 0.5) is 5.69 Å². The Morgan fingerprint density at radius 2 is 1.58 bits per heavy atom. The number of allylic oxidation sites excluding steroid dienone is 2. The highest BCUT2D eigenvalue weighted by Gasteiger charge is 2.58. The zero-order chi connectivity index (χ0) is 20.9. The summed E-state index contributed by atoms with van der Waals surface area (Å²) >= 11 is 1.81. The van der Waals surface area contributed by atoms with E-state index in [9.17, 15) is 9.59 Å².